The number of fused-ring (bicyclic) bond motifs is 1. The number of carbonyl (C=O) groups excluding carboxylic acids is 2. The van der Waals surface area contributed by atoms with Crippen molar-refractivity contribution >= 4 is 30.2 Å². The van der Waals surface area contributed by atoms with Crippen LogP contribution in [0.15, 0.2) is 24.3 Å². The third kappa shape index (κ3) is 3.72. The van der Waals surface area contributed by atoms with E-state index >= 15 is 0 Å². The highest BCUT2D eigenvalue weighted by Gasteiger charge is 2.42. The van der Waals surface area contributed by atoms with E-state index in [0.29, 0.717) is 11.3 Å². The fourth-order valence-electron chi connectivity index (χ4n) is 2.44. The summed E-state index contributed by atoms with van der Waals surface area (Å²) in [5.41, 5.74) is 1.01. The quantitative estimate of drug-likeness (QED) is 0.622. The van der Waals surface area contributed by atoms with Crippen LogP contribution < -0.4 is 5.09 Å². The highest BCUT2D eigenvalue weighted by Crippen LogP contribution is 2.56. The summed E-state index contributed by atoms with van der Waals surface area (Å²) in [6.45, 7) is 9.20. The molecule has 1 aromatic rings. The average molecular weight is 353 g/mol. The molecule has 0 bridgehead atoms. The van der Waals surface area contributed by atoms with Crippen molar-refractivity contribution in [2.75, 3.05) is 11.7 Å². The zero-order chi connectivity index (χ0) is 17.9. The SMILES string of the molecule is CCOC(=O)C1=P(OC(C)C)(OC(C)C)Nc2ccccc2C1=O. The summed E-state index contributed by atoms with van der Waals surface area (Å²) < 4.78 is 17.1. The average Bonchev–Trinajstić information content (AvgIpc) is 2.45. The zero-order valence-electron chi connectivity index (χ0n) is 14.7. The van der Waals surface area contributed by atoms with Gasteiger partial charge in [0.1, 0.15) is 0 Å². The van der Waals surface area contributed by atoms with Gasteiger partial charge in [0.05, 0.1) is 24.5 Å². The Labute approximate surface area is 142 Å². The van der Waals surface area contributed by atoms with Crippen molar-refractivity contribution < 1.29 is 23.4 Å². The molecule has 1 heterocycles. The number of para-hydroxylation sites is 1. The number of anilines is 1. The summed E-state index contributed by atoms with van der Waals surface area (Å²) in [5, 5.41) is 3.12. The van der Waals surface area contributed by atoms with Gasteiger partial charge in [-0.3, -0.25) is 4.79 Å². The number of carbonyl (C=O) groups is 2. The first-order chi connectivity index (χ1) is 11.3. The zero-order valence-corrected chi connectivity index (χ0v) is 15.6. The monoisotopic (exact) mass is 353 g/mol. The number of hydrogen-bond donors (Lipinski definition) is 1. The van der Waals surface area contributed by atoms with Crippen LogP contribution in [0.3, 0.4) is 0 Å². The number of ketones is 1. The summed E-state index contributed by atoms with van der Waals surface area (Å²) in [6.07, 6.45) is -0.487. The lowest BCUT2D eigenvalue weighted by Crippen LogP contribution is -2.35. The van der Waals surface area contributed by atoms with E-state index in [1.807, 2.05) is 33.8 Å². The first-order valence-electron chi connectivity index (χ1n) is 8.03. The predicted molar refractivity (Wildman–Crippen MR) is 95.4 cm³/mol. The second-order valence-electron chi connectivity index (χ2n) is 5.92. The van der Waals surface area contributed by atoms with Crippen molar-refractivity contribution in [3.63, 3.8) is 0 Å². The minimum Gasteiger partial charge on any atom is -0.462 e. The first-order valence-corrected chi connectivity index (χ1v) is 9.65. The Morgan fingerprint density at radius 2 is 1.71 bits per heavy atom. The van der Waals surface area contributed by atoms with Gasteiger partial charge in [-0.15, -0.1) is 0 Å². The van der Waals surface area contributed by atoms with Gasteiger partial charge in [-0.1, -0.05) is 12.1 Å². The smallest absolute Gasteiger partial charge is 0.348 e. The van der Waals surface area contributed by atoms with E-state index in [0.717, 1.165) is 0 Å². The Balaban J connectivity index is 2.71. The molecule has 1 N–H and O–H groups in total. The van der Waals surface area contributed by atoms with E-state index < -0.39 is 19.2 Å². The Bertz CT molecular complexity index is 682. The second kappa shape index (κ2) is 7.51. The molecule has 0 fully saturated rings. The maximum Gasteiger partial charge on any atom is 0.348 e. The van der Waals surface area contributed by atoms with Crippen LogP contribution >= 0.6 is 7.49 Å². The molecule has 0 aliphatic carbocycles. The first kappa shape index (κ1) is 18.7. The number of nitrogens with one attached hydrogen (secondary N) is 1. The fourth-order valence-corrected chi connectivity index (χ4v) is 5.31. The highest BCUT2D eigenvalue weighted by molar-refractivity contribution is 7.73. The Hall–Kier alpha value is -1.62. The molecule has 1 aromatic carbocycles. The third-order valence-corrected chi connectivity index (χ3v) is 6.08. The molecular formula is C17H24NO5P. The normalized spacial score (nSPS) is 16.1. The topological polar surface area (TPSA) is 73.9 Å². The van der Waals surface area contributed by atoms with Gasteiger partial charge in [-0.05, 0) is 46.8 Å². The van der Waals surface area contributed by atoms with Crippen LogP contribution in [0.1, 0.15) is 45.0 Å². The molecule has 0 spiro atoms. The number of esters is 1. The van der Waals surface area contributed by atoms with Crippen LogP contribution in [0.2, 0.25) is 0 Å². The Morgan fingerprint density at radius 1 is 1.12 bits per heavy atom. The Morgan fingerprint density at radius 3 is 2.25 bits per heavy atom. The van der Waals surface area contributed by atoms with Gasteiger partial charge in [-0.2, -0.15) is 0 Å². The summed E-state index contributed by atoms with van der Waals surface area (Å²) in [5.74, 6) is -1.10. The van der Waals surface area contributed by atoms with Gasteiger partial charge in [0.2, 0.25) is 13.3 Å². The molecule has 7 heteroatoms. The molecule has 1 aliphatic rings. The standard InChI is InChI=1S/C17H24NO5P/c1-6-21-17(20)16-15(19)13-9-7-8-10-14(13)18-24(16,22-11(2)3)23-12(4)5/h7-12H,6H2,1-5H3,(H,18,19). The van der Waals surface area contributed by atoms with Gasteiger partial charge in [0.25, 0.3) is 0 Å². The molecule has 0 amide bonds. The van der Waals surface area contributed by atoms with Gasteiger partial charge < -0.3 is 18.9 Å². The van der Waals surface area contributed by atoms with E-state index in [1.54, 1.807) is 25.1 Å². The number of rotatable bonds is 6. The van der Waals surface area contributed by atoms with E-state index in [-0.39, 0.29) is 24.1 Å². The van der Waals surface area contributed by atoms with Crippen molar-refractivity contribution in [2.45, 2.75) is 46.8 Å². The molecule has 1 aliphatic heterocycles. The number of hydrogen-bond acceptors (Lipinski definition) is 6. The molecule has 0 saturated heterocycles. The van der Waals surface area contributed by atoms with Crippen LogP contribution in [0, 0.1) is 0 Å². The maximum atomic E-state index is 13.0. The van der Waals surface area contributed by atoms with Crippen LogP contribution in [0.5, 0.6) is 0 Å². The second-order valence-corrected chi connectivity index (χ2v) is 8.11. The van der Waals surface area contributed by atoms with Gasteiger partial charge in [0, 0.05) is 5.56 Å². The summed E-state index contributed by atoms with van der Waals surface area (Å²) >= 11 is 0. The van der Waals surface area contributed by atoms with Gasteiger partial charge in [-0.25, -0.2) is 4.79 Å². The predicted octanol–water partition coefficient (Wildman–Crippen LogP) is 3.64. The number of benzene rings is 1. The van der Waals surface area contributed by atoms with Crippen molar-refractivity contribution in [2.24, 2.45) is 0 Å². The van der Waals surface area contributed by atoms with Crippen molar-refractivity contribution in [1.29, 1.82) is 0 Å². The number of Topliss-reactive ketones (excluding diaryl/α,β-unsaturated/α-hetero) is 1. The van der Waals surface area contributed by atoms with E-state index in [1.165, 1.54) is 0 Å². The largest absolute Gasteiger partial charge is 0.462 e. The molecule has 0 unspecified atom stereocenters. The number of ether oxygens (including phenoxy) is 1. The van der Waals surface area contributed by atoms with Crippen molar-refractivity contribution in [3.05, 3.63) is 29.8 Å². The van der Waals surface area contributed by atoms with E-state index in [4.69, 9.17) is 13.8 Å². The molecule has 2 rings (SSSR count). The van der Waals surface area contributed by atoms with Crippen LogP contribution in [-0.4, -0.2) is 35.9 Å². The van der Waals surface area contributed by atoms with Crippen molar-refractivity contribution in [3.8, 4) is 0 Å². The molecule has 0 aromatic heterocycles. The molecule has 132 valence electrons. The summed E-state index contributed by atoms with van der Waals surface area (Å²) in [4.78, 5) is 25.5. The molecule has 0 saturated carbocycles. The van der Waals surface area contributed by atoms with E-state index in [9.17, 15) is 9.59 Å². The lowest BCUT2D eigenvalue weighted by atomic mass is 10.1. The Kier molecular flexibility index (Phi) is 5.86. The minimum absolute atomic E-state index is 0.0783. The molecule has 0 atom stereocenters. The molecule has 6 nitrogen and oxygen atoms in total. The highest BCUT2D eigenvalue weighted by atomic mass is 31.2. The lowest BCUT2D eigenvalue weighted by molar-refractivity contribution is -0.134. The third-order valence-electron chi connectivity index (χ3n) is 3.14. The van der Waals surface area contributed by atoms with E-state index in [2.05, 4.69) is 5.09 Å². The van der Waals surface area contributed by atoms with Crippen LogP contribution in [-0.2, 0) is 18.6 Å². The van der Waals surface area contributed by atoms with Crippen LogP contribution in [0.4, 0.5) is 5.69 Å². The summed E-state index contributed by atoms with van der Waals surface area (Å²) in [7, 11) is -3.14. The molecular weight excluding hydrogens is 329 g/mol. The molecule has 24 heavy (non-hydrogen) atoms. The lowest BCUT2D eigenvalue weighted by Gasteiger charge is -2.36. The van der Waals surface area contributed by atoms with Gasteiger partial charge >= 0.3 is 5.97 Å². The van der Waals surface area contributed by atoms with Crippen molar-refractivity contribution in [1.82, 2.24) is 0 Å². The fraction of sp³-hybridized carbons (Fsp3) is 0.471. The molecule has 0 radical (unpaired) electrons. The maximum absolute atomic E-state index is 13.0. The minimum atomic E-state index is -3.14. The summed E-state index contributed by atoms with van der Waals surface area (Å²) in [6, 6.07) is 7.01. The van der Waals surface area contributed by atoms with Crippen LogP contribution in [0.25, 0.3) is 0 Å². The van der Waals surface area contributed by atoms with Gasteiger partial charge in [0.15, 0.2) is 5.29 Å².